The van der Waals surface area contributed by atoms with Gasteiger partial charge in [0.2, 0.25) is 0 Å². The van der Waals surface area contributed by atoms with Crippen molar-refractivity contribution in [3.63, 3.8) is 0 Å². The minimum absolute atomic E-state index is 0.461. The second-order valence-corrected chi connectivity index (χ2v) is 3.32. The zero-order valence-electron chi connectivity index (χ0n) is 8.66. The largest absolute Gasteiger partial charge is 0.489 e. The summed E-state index contributed by atoms with van der Waals surface area (Å²) in [4.78, 5) is 0. The van der Waals surface area contributed by atoms with E-state index >= 15 is 0 Å². The molecule has 1 N–H and O–H groups in total. The lowest BCUT2D eigenvalue weighted by Gasteiger charge is -2.12. The van der Waals surface area contributed by atoms with Gasteiger partial charge in [-0.05, 0) is 25.5 Å². The number of ether oxygens (including phenoxy) is 1. The summed E-state index contributed by atoms with van der Waals surface area (Å²) in [5, 5.41) is 9.49. The molecule has 0 fully saturated rings. The van der Waals surface area contributed by atoms with Crippen LogP contribution in [-0.4, -0.2) is 11.7 Å². The van der Waals surface area contributed by atoms with Crippen LogP contribution < -0.4 is 4.74 Å². The molecule has 0 amide bonds. The highest BCUT2D eigenvalue weighted by Crippen LogP contribution is 2.26. The molecule has 0 radical (unpaired) electrons. The lowest BCUT2D eigenvalue weighted by atomic mass is 10.1. The van der Waals surface area contributed by atoms with Crippen LogP contribution in [-0.2, 0) is 0 Å². The standard InChI is InChI=1S/C12H16O2/c1-4-7-14-12-8-9(2)5-6-11(12)10(3)13/h4-6,8,10,13H,1,7H2,2-3H3/t10-/m0/s1. The van der Waals surface area contributed by atoms with Crippen molar-refractivity contribution < 1.29 is 9.84 Å². The lowest BCUT2D eigenvalue weighted by Crippen LogP contribution is -2.00. The highest BCUT2D eigenvalue weighted by molar-refractivity contribution is 5.38. The Kier molecular flexibility index (Phi) is 3.72. The smallest absolute Gasteiger partial charge is 0.125 e. The monoisotopic (exact) mass is 192 g/mol. The van der Waals surface area contributed by atoms with Crippen molar-refractivity contribution in [1.29, 1.82) is 0 Å². The molecule has 1 aromatic rings. The molecule has 0 saturated heterocycles. The van der Waals surface area contributed by atoms with E-state index in [1.54, 1.807) is 13.0 Å². The molecule has 1 rings (SSSR count). The van der Waals surface area contributed by atoms with Gasteiger partial charge in [0.05, 0.1) is 6.10 Å². The van der Waals surface area contributed by atoms with Gasteiger partial charge in [-0.1, -0.05) is 24.8 Å². The second kappa shape index (κ2) is 4.82. The topological polar surface area (TPSA) is 29.5 Å². The van der Waals surface area contributed by atoms with Crippen molar-refractivity contribution in [2.24, 2.45) is 0 Å². The van der Waals surface area contributed by atoms with Gasteiger partial charge in [0.15, 0.2) is 0 Å². The maximum Gasteiger partial charge on any atom is 0.125 e. The van der Waals surface area contributed by atoms with E-state index in [1.165, 1.54) is 0 Å². The lowest BCUT2D eigenvalue weighted by molar-refractivity contribution is 0.193. The molecule has 0 spiro atoms. The Morgan fingerprint density at radius 3 is 2.86 bits per heavy atom. The first kappa shape index (κ1) is 10.8. The number of aryl methyl sites for hydroxylation is 1. The van der Waals surface area contributed by atoms with Crippen molar-refractivity contribution in [2.75, 3.05) is 6.61 Å². The molecule has 0 bridgehead atoms. The summed E-state index contributed by atoms with van der Waals surface area (Å²) < 4.78 is 5.45. The molecule has 0 aliphatic carbocycles. The predicted molar refractivity (Wildman–Crippen MR) is 57.5 cm³/mol. The summed E-state index contributed by atoms with van der Waals surface area (Å²) in [5.74, 6) is 0.736. The van der Waals surface area contributed by atoms with Crippen LogP contribution in [0.5, 0.6) is 5.75 Å². The Bertz CT molecular complexity index is 316. The molecule has 0 aliphatic rings. The number of aliphatic hydroxyl groups excluding tert-OH is 1. The minimum Gasteiger partial charge on any atom is -0.489 e. The van der Waals surface area contributed by atoms with E-state index in [2.05, 4.69) is 6.58 Å². The first-order valence-electron chi connectivity index (χ1n) is 4.67. The van der Waals surface area contributed by atoms with E-state index in [9.17, 15) is 5.11 Å². The van der Waals surface area contributed by atoms with Crippen molar-refractivity contribution in [1.82, 2.24) is 0 Å². The molecule has 0 aliphatic heterocycles. The first-order valence-corrected chi connectivity index (χ1v) is 4.67. The van der Waals surface area contributed by atoms with Gasteiger partial charge >= 0.3 is 0 Å². The number of benzene rings is 1. The molecule has 14 heavy (non-hydrogen) atoms. The molecule has 0 heterocycles. The van der Waals surface area contributed by atoms with E-state index in [-0.39, 0.29) is 0 Å². The van der Waals surface area contributed by atoms with E-state index in [4.69, 9.17) is 4.74 Å². The van der Waals surface area contributed by atoms with Crippen LogP contribution in [0.2, 0.25) is 0 Å². The van der Waals surface area contributed by atoms with Gasteiger partial charge < -0.3 is 9.84 Å². The van der Waals surface area contributed by atoms with E-state index in [0.717, 1.165) is 16.9 Å². The van der Waals surface area contributed by atoms with Gasteiger partial charge in [0.25, 0.3) is 0 Å². The van der Waals surface area contributed by atoms with Crippen LogP contribution in [0.3, 0.4) is 0 Å². The van der Waals surface area contributed by atoms with Gasteiger partial charge in [0.1, 0.15) is 12.4 Å². The van der Waals surface area contributed by atoms with Crippen LogP contribution in [0.1, 0.15) is 24.2 Å². The van der Waals surface area contributed by atoms with Crippen LogP contribution in [0.25, 0.3) is 0 Å². The van der Waals surface area contributed by atoms with E-state index in [1.807, 2.05) is 25.1 Å². The Morgan fingerprint density at radius 1 is 1.57 bits per heavy atom. The maximum atomic E-state index is 9.49. The van der Waals surface area contributed by atoms with Crippen molar-refractivity contribution in [3.8, 4) is 5.75 Å². The molecular formula is C12H16O2. The summed E-state index contributed by atoms with van der Waals surface area (Å²) in [7, 11) is 0. The average Bonchev–Trinajstić information content (AvgIpc) is 2.14. The molecule has 1 atom stereocenters. The molecule has 0 saturated carbocycles. The van der Waals surface area contributed by atoms with Crippen LogP contribution in [0.15, 0.2) is 30.9 Å². The molecule has 0 aromatic heterocycles. The van der Waals surface area contributed by atoms with Gasteiger partial charge in [0, 0.05) is 5.56 Å². The van der Waals surface area contributed by atoms with Crippen molar-refractivity contribution in [3.05, 3.63) is 42.0 Å². The first-order chi connectivity index (χ1) is 6.65. The Labute approximate surface area is 84.8 Å². The Balaban J connectivity index is 2.96. The highest BCUT2D eigenvalue weighted by atomic mass is 16.5. The molecule has 1 aromatic carbocycles. The third-order valence-corrected chi connectivity index (χ3v) is 1.98. The number of hydrogen-bond acceptors (Lipinski definition) is 2. The molecule has 2 nitrogen and oxygen atoms in total. The predicted octanol–water partition coefficient (Wildman–Crippen LogP) is 2.61. The molecule has 0 unspecified atom stereocenters. The number of aliphatic hydroxyl groups is 1. The van der Waals surface area contributed by atoms with E-state index in [0.29, 0.717) is 6.61 Å². The average molecular weight is 192 g/mol. The quantitative estimate of drug-likeness (QED) is 0.743. The Morgan fingerprint density at radius 2 is 2.29 bits per heavy atom. The zero-order valence-corrected chi connectivity index (χ0v) is 8.66. The van der Waals surface area contributed by atoms with Gasteiger partial charge in [-0.25, -0.2) is 0 Å². The Hall–Kier alpha value is -1.28. The number of hydrogen-bond donors (Lipinski definition) is 1. The third kappa shape index (κ3) is 2.60. The van der Waals surface area contributed by atoms with Crippen molar-refractivity contribution >= 4 is 0 Å². The molecular weight excluding hydrogens is 176 g/mol. The number of rotatable bonds is 4. The zero-order chi connectivity index (χ0) is 10.6. The van der Waals surface area contributed by atoms with Gasteiger partial charge in [-0.15, -0.1) is 0 Å². The summed E-state index contributed by atoms with van der Waals surface area (Å²) >= 11 is 0. The van der Waals surface area contributed by atoms with Crippen LogP contribution in [0.4, 0.5) is 0 Å². The molecule has 2 heteroatoms. The van der Waals surface area contributed by atoms with Crippen LogP contribution >= 0.6 is 0 Å². The van der Waals surface area contributed by atoms with Gasteiger partial charge in [-0.3, -0.25) is 0 Å². The highest BCUT2D eigenvalue weighted by Gasteiger charge is 2.08. The third-order valence-electron chi connectivity index (χ3n) is 1.98. The fourth-order valence-corrected chi connectivity index (χ4v) is 1.26. The van der Waals surface area contributed by atoms with Crippen LogP contribution in [0, 0.1) is 6.92 Å². The molecule has 76 valence electrons. The fourth-order valence-electron chi connectivity index (χ4n) is 1.26. The van der Waals surface area contributed by atoms with E-state index < -0.39 is 6.10 Å². The maximum absolute atomic E-state index is 9.49. The summed E-state index contributed by atoms with van der Waals surface area (Å²) in [6, 6.07) is 5.77. The van der Waals surface area contributed by atoms with Gasteiger partial charge in [-0.2, -0.15) is 0 Å². The van der Waals surface area contributed by atoms with Crippen molar-refractivity contribution in [2.45, 2.75) is 20.0 Å². The fraction of sp³-hybridized carbons (Fsp3) is 0.333. The summed E-state index contributed by atoms with van der Waals surface area (Å²) in [6.07, 6.45) is 1.18. The second-order valence-electron chi connectivity index (χ2n) is 3.32. The minimum atomic E-state index is -0.504. The summed E-state index contributed by atoms with van der Waals surface area (Å²) in [6.45, 7) is 7.77. The summed E-state index contributed by atoms with van der Waals surface area (Å²) in [5.41, 5.74) is 1.94. The SMILES string of the molecule is C=CCOc1cc(C)ccc1[C@H](C)O. The normalized spacial score (nSPS) is 12.2.